The Hall–Kier alpha value is -1.63. The zero-order valence-electron chi connectivity index (χ0n) is 8.77. The van der Waals surface area contributed by atoms with Gasteiger partial charge in [-0.25, -0.2) is 5.84 Å². The molecule has 0 aliphatic heterocycles. The predicted octanol–water partition coefficient (Wildman–Crippen LogP) is -0.236. The van der Waals surface area contributed by atoms with Gasteiger partial charge in [-0.15, -0.1) is 0 Å². The van der Waals surface area contributed by atoms with Crippen LogP contribution in [0, 0.1) is 0 Å². The van der Waals surface area contributed by atoms with Crippen molar-refractivity contribution in [1.82, 2.24) is 15.0 Å². The van der Waals surface area contributed by atoms with Gasteiger partial charge in [0.05, 0.1) is 7.11 Å². The van der Waals surface area contributed by atoms with Crippen LogP contribution in [0.15, 0.2) is 0 Å². The third kappa shape index (κ3) is 2.07. The van der Waals surface area contributed by atoms with Crippen molar-refractivity contribution < 1.29 is 4.74 Å². The average molecular weight is 210 g/mol. The largest absolute Gasteiger partial charge is 0.467 e. The summed E-state index contributed by atoms with van der Waals surface area (Å²) in [4.78, 5) is 14.2. The number of nitrogens with one attached hydrogen (secondary N) is 1. The molecule has 1 heterocycles. The molecule has 7 nitrogen and oxygen atoms in total. The van der Waals surface area contributed by atoms with Crippen LogP contribution in [0.3, 0.4) is 0 Å². The molecule has 0 amide bonds. The minimum atomic E-state index is 0.264. The first-order chi connectivity index (χ1) is 7.24. The first-order valence-corrected chi connectivity index (χ1v) is 4.74. The molecule has 1 saturated carbocycles. The molecule has 1 aromatic rings. The molecule has 0 radical (unpaired) electrons. The number of ether oxygens (including phenoxy) is 1. The van der Waals surface area contributed by atoms with E-state index in [1.54, 1.807) is 0 Å². The molecular weight excluding hydrogens is 196 g/mol. The first-order valence-electron chi connectivity index (χ1n) is 4.74. The summed E-state index contributed by atoms with van der Waals surface area (Å²) in [5, 5.41) is 0. The van der Waals surface area contributed by atoms with E-state index in [1.807, 2.05) is 11.9 Å². The lowest BCUT2D eigenvalue weighted by Crippen LogP contribution is -2.23. The molecule has 0 spiro atoms. The summed E-state index contributed by atoms with van der Waals surface area (Å²) in [5.74, 6) is 6.15. The van der Waals surface area contributed by atoms with Crippen LogP contribution in [0.2, 0.25) is 0 Å². The van der Waals surface area contributed by atoms with Crippen molar-refractivity contribution in [3.05, 3.63) is 0 Å². The zero-order chi connectivity index (χ0) is 10.8. The summed E-state index contributed by atoms with van der Waals surface area (Å²) < 4.78 is 4.96. The van der Waals surface area contributed by atoms with Gasteiger partial charge in [0.15, 0.2) is 0 Å². The minimum Gasteiger partial charge on any atom is -0.467 e. The molecule has 0 unspecified atom stereocenters. The fourth-order valence-electron chi connectivity index (χ4n) is 1.28. The van der Waals surface area contributed by atoms with Gasteiger partial charge in [-0.1, -0.05) is 0 Å². The van der Waals surface area contributed by atoms with Crippen molar-refractivity contribution in [3.8, 4) is 6.01 Å². The first kappa shape index (κ1) is 9.91. The Morgan fingerprint density at radius 3 is 2.67 bits per heavy atom. The van der Waals surface area contributed by atoms with E-state index >= 15 is 0 Å². The lowest BCUT2D eigenvalue weighted by atomic mass is 10.6. The predicted molar refractivity (Wildman–Crippen MR) is 55.6 cm³/mol. The summed E-state index contributed by atoms with van der Waals surface area (Å²) in [5.41, 5.74) is 2.39. The van der Waals surface area contributed by atoms with Gasteiger partial charge in [-0.05, 0) is 12.8 Å². The highest BCUT2D eigenvalue weighted by Gasteiger charge is 2.28. The molecule has 0 aromatic carbocycles. The second kappa shape index (κ2) is 3.85. The highest BCUT2D eigenvalue weighted by Crippen LogP contribution is 2.28. The molecule has 0 bridgehead atoms. The third-order valence-electron chi connectivity index (χ3n) is 2.32. The Morgan fingerprint density at radius 2 is 2.13 bits per heavy atom. The van der Waals surface area contributed by atoms with Crippen LogP contribution in [0.4, 0.5) is 11.9 Å². The van der Waals surface area contributed by atoms with Crippen molar-refractivity contribution in [2.75, 3.05) is 24.5 Å². The van der Waals surface area contributed by atoms with E-state index in [-0.39, 0.29) is 6.01 Å². The lowest BCUT2D eigenvalue weighted by molar-refractivity contribution is 0.379. The Labute approximate surface area is 87.6 Å². The Kier molecular flexibility index (Phi) is 2.55. The van der Waals surface area contributed by atoms with Gasteiger partial charge >= 0.3 is 6.01 Å². The number of nitrogen functional groups attached to an aromatic ring is 1. The molecule has 1 fully saturated rings. The maximum atomic E-state index is 5.26. The quantitative estimate of drug-likeness (QED) is 0.523. The zero-order valence-corrected chi connectivity index (χ0v) is 8.77. The van der Waals surface area contributed by atoms with Crippen LogP contribution in [0.25, 0.3) is 0 Å². The fourth-order valence-corrected chi connectivity index (χ4v) is 1.28. The van der Waals surface area contributed by atoms with Crippen LogP contribution in [-0.2, 0) is 0 Å². The van der Waals surface area contributed by atoms with Crippen molar-refractivity contribution in [2.45, 2.75) is 18.9 Å². The standard InChI is InChI=1S/C8H14N6O/c1-14(5-3-4-5)7-10-6(13-9)11-8(12-7)15-2/h5H,3-4,9H2,1-2H3,(H,10,11,12,13). The van der Waals surface area contributed by atoms with E-state index in [1.165, 1.54) is 20.0 Å². The van der Waals surface area contributed by atoms with Crippen molar-refractivity contribution in [3.63, 3.8) is 0 Å². The van der Waals surface area contributed by atoms with E-state index in [4.69, 9.17) is 10.6 Å². The average Bonchev–Trinajstić information content (AvgIpc) is 3.11. The number of aromatic nitrogens is 3. The highest BCUT2D eigenvalue weighted by atomic mass is 16.5. The molecule has 2 rings (SSSR count). The van der Waals surface area contributed by atoms with Crippen LogP contribution >= 0.6 is 0 Å². The van der Waals surface area contributed by atoms with E-state index in [2.05, 4.69) is 20.4 Å². The molecule has 7 heteroatoms. The number of hydrazine groups is 1. The molecule has 0 saturated heterocycles. The lowest BCUT2D eigenvalue weighted by Gasteiger charge is -2.16. The molecule has 1 aliphatic carbocycles. The van der Waals surface area contributed by atoms with Crippen molar-refractivity contribution in [2.24, 2.45) is 5.84 Å². The number of nitrogens with zero attached hydrogens (tertiary/aromatic N) is 4. The van der Waals surface area contributed by atoms with Gasteiger partial charge in [0.25, 0.3) is 0 Å². The maximum Gasteiger partial charge on any atom is 0.322 e. The van der Waals surface area contributed by atoms with E-state index in [0.29, 0.717) is 17.9 Å². The molecule has 0 atom stereocenters. The number of hydrogen-bond acceptors (Lipinski definition) is 7. The molecule has 15 heavy (non-hydrogen) atoms. The van der Waals surface area contributed by atoms with Crippen LogP contribution in [-0.4, -0.2) is 35.2 Å². The van der Waals surface area contributed by atoms with Gasteiger partial charge in [0.1, 0.15) is 0 Å². The van der Waals surface area contributed by atoms with Crippen LogP contribution < -0.4 is 20.9 Å². The summed E-state index contributed by atoms with van der Waals surface area (Å²) in [6.07, 6.45) is 2.35. The smallest absolute Gasteiger partial charge is 0.322 e. The highest BCUT2D eigenvalue weighted by molar-refractivity contribution is 5.39. The molecule has 1 aromatic heterocycles. The summed E-state index contributed by atoms with van der Waals surface area (Å²) >= 11 is 0. The van der Waals surface area contributed by atoms with Crippen molar-refractivity contribution in [1.29, 1.82) is 0 Å². The molecular formula is C8H14N6O. The minimum absolute atomic E-state index is 0.264. The van der Waals surface area contributed by atoms with E-state index in [0.717, 1.165) is 0 Å². The SMILES string of the molecule is COc1nc(NN)nc(N(C)C2CC2)n1. The third-order valence-corrected chi connectivity index (χ3v) is 2.32. The van der Waals surface area contributed by atoms with Gasteiger partial charge < -0.3 is 9.64 Å². The second-order valence-corrected chi connectivity index (χ2v) is 3.43. The molecule has 1 aliphatic rings. The summed E-state index contributed by atoms with van der Waals surface area (Å²) in [6.45, 7) is 0. The number of rotatable bonds is 4. The summed E-state index contributed by atoms with van der Waals surface area (Å²) in [7, 11) is 3.46. The van der Waals surface area contributed by atoms with Crippen molar-refractivity contribution >= 4 is 11.9 Å². The monoisotopic (exact) mass is 210 g/mol. The number of hydrogen-bond donors (Lipinski definition) is 2. The number of anilines is 2. The number of nitrogens with two attached hydrogens (primary N) is 1. The maximum absolute atomic E-state index is 5.26. The van der Waals surface area contributed by atoms with Gasteiger partial charge in [-0.3, -0.25) is 5.43 Å². The molecule has 82 valence electrons. The van der Waals surface area contributed by atoms with E-state index in [9.17, 15) is 0 Å². The molecule has 3 N–H and O–H groups in total. The van der Waals surface area contributed by atoms with Gasteiger partial charge in [0.2, 0.25) is 11.9 Å². The van der Waals surface area contributed by atoms with Crippen LogP contribution in [0.5, 0.6) is 6.01 Å². The Morgan fingerprint density at radius 1 is 1.40 bits per heavy atom. The van der Waals surface area contributed by atoms with E-state index < -0.39 is 0 Å². The topological polar surface area (TPSA) is 89.2 Å². The summed E-state index contributed by atoms with van der Waals surface area (Å²) in [6, 6.07) is 0.795. The second-order valence-electron chi connectivity index (χ2n) is 3.43. The van der Waals surface area contributed by atoms with Gasteiger partial charge in [0, 0.05) is 13.1 Å². The Balaban J connectivity index is 2.28. The normalized spacial score (nSPS) is 14.9. The fraction of sp³-hybridized carbons (Fsp3) is 0.625. The van der Waals surface area contributed by atoms with Gasteiger partial charge in [-0.2, -0.15) is 15.0 Å². The van der Waals surface area contributed by atoms with Crippen LogP contribution in [0.1, 0.15) is 12.8 Å². The Bertz CT molecular complexity index is 331. The number of methoxy groups -OCH3 is 1.